The van der Waals surface area contributed by atoms with Gasteiger partial charge in [-0.3, -0.25) is 9.11 Å². The molecule has 2 N–H and O–H groups in total. The van der Waals surface area contributed by atoms with E-state index in [0.29, 0.717) is 0 Å². The van der Waals surface area contributed by atoms with Gasteiger partial charge < -0.3 is 0 Å². The standard InChI is InChI=1S/CH2F2O3S.Ag/c2-1(3)7(4,5)6;/h(H2,4,5,6);. The van der Waals surface area contributed by atoms with Crippen LogP contribution in [0.2, 0.25) is 0 Å². The molecule has 0 aromatic carbocycles. The molecule has 0 saturated heterocycles. The summed E-state index contributed by atoms with van der Waals surface area (Å²) < 4.78 is 45.4. The molecule has 0 aromatic heterocycles. The van der Waals surface area contributed by atoms with Gasteiger partial charge in [-0.15, -0.1) is 0 Å². The van der Waals surface area contributed by atoms with Crippen LogP contribution in [0.25, 0.3) is 0 Å². The van der Waals surface area contributed by atoms with Gasteiger partial charge in [0.25, 0.3) is 10.1 Å². The van der Waals surface area contributed by atoms with Crippen LogP contribution >= 0.6 is 0 Å². The first kappa shape index (κ1) is 11.4. The zero-order chi connectivity index (χ0) is 6.08. The second-order valence-electron chi connectivity index (χ2n) is 0.722. The van der Waals surface area contributed by atoms with Crippen LogP contribution in [0, 0.1) is 0 Å². The maximum Gasteiger partial charge on any atom is 0.372 e. The van der Waals surface area contributed by atoms with Crippen molar-refractivity contribution in [3.05, 3.63) is 0 Å². The minimum atomic E-state index is -4.91. The van der Waals surface area contributed by atoms with Crippen molar-refractivity contribution in [2.45, 2.75) is 0 Å². The summed E-state index contributed by atoms with van der Waals surface area (Å²) in [6, 6.07) is 0. The van der Waals surface area contributed by atoms with E-state index in [1.807, 2.05) is 0 Å². The van der Waals surface area contributed by atoms with Crippen LogP contribution in [0.4, 0.5) is 8.78 Å². The van der Waals surface area contributed by atoms with Crippen LogP contribution in [0.1, 0.15) is 0 Å². The predicted octanol–water partition coefficient (Wildman–Crippen LogP) is 0.241. The fourth-order valence-corrected chi connectivity index (χ4v) is 0. The molecule has 0 rings (SSSR count). The fraction of sp³-hybridized carbons (Fsp3) is 0. The molecular formula is CH2AgF2O3S. The van der Waals surface area contributed by atoms with Gasteiger partial charge in [0.05, 0.1) is 0 Å². The second-order valence-corrected chi connectivity index (χ2v) is 2.02. The zero-order valence-corrected chi connectivity index (χ0v) is 5.57. The van der Waals surface area contributed by atoms with Gasteiger partial charge in [0, 0.05) is 22.4 Å². The third-order valence-electron chi connectivity index (χ3n) is 0.201. The average Bonchev–Trinajstić information content (AvgIpc) is 1.31. The molecule has 0 aliphatic heterocycles. The van der Waals surface area contributed by atoms with Gasteiger partial charge in [-0.2, -0.15) is 8.78 Å². The quantitative estimate of drug-likeness (QED) is 0.362. The molecule has 0 amide bonds. The van der Waals surface area contributed by atoms with E-state index in [9.17, 15) is 13.0 Å². The first-order valence-corrected chi connectivity index (χ1v) is 2.59. The molecule has 0 unspecified atom stereocenters. The summed E-state index contributed by atoms with van der Waals surface area (Å²) in [6.07, 6.45) is 0. The molecule has 0 spiro atoms. The van der Waals surface area contributed by atoms with Crippen molar-refractivity contribution in [3.63, 3.8) is 0 Å². The summed E-state index contributed by atoms with van der Waals surface area (Å²) >= 11 is 0. The number of halogens is 2. The van der Waals surface area contributed by atoms with E-state index < -0.39 is 15.5 Å². The number of hydrogen-bond acceptors (Lipinski definition) is 1. The number of hydrogen-bond donors (Lipinski definition) is 2. The SMILES string of the molecule is O=S(O)(O)=C(F)F.[Ag]. The third kappa shape index (κ3) is 4.69. The Morgan fingerprint density at radius 3 is 1.50 bits per heavy atom. The Morgan fingerprint density at radius 2 is 1.50 bits per heavy atom. The smallest absolute Gasteiger partial charge is 0.289 e. The molecule has 0 bridgehead atoms. The molecule has 1 radical (unpaired) electrons. The molecular weight excluding hydrogens is 238 g/mol. The van der Waals surface area contributed by atoms with Gasteiger partial charge in [0.15, 0.2) is 0 Å². The molecule has 0 saturated carbocycles. The van der Waals surface area contributed by atoms with E-state index in [1.165, 1.54) is 0 Å². The van der Waals surface area contributed by atoms with Gasteiger partial charge in [-0.05, 0) is 0 Å². The molecule has 0 aromatic rings. The first-order valence-electron chi connectivity index (χ1n) is 1.11. The van der Waals surface area contributed by atoms with E-state index in [-0.39, 0.29) is 22.4 Å². The Hall–Kier alpha value is 0.540. The third-order valence-corrected chi connectivity index (χ3v) is 0.603. The molecule has 0 aliphatic carbocycles. The topological polar surface area (TPSA) is 57.5 Å². The van der Waals surface area contributed by atoms with E-state index in [2.05, 4.69) is 0 Å². The minimum absolute atomic E-state index is 0. The zero-order valence-electron chi connectivity index (χ0n) is 3.27. The molecule has 8 heavy (non-hydrogen) atoms. The van der Waals surface area contributed by atoms with Crippen LogP contribution in [-0.2, 0) is 32.5 Å². The Kier molecular flexibility index (Phi) is 5.03. The van der Waals surface area contributed by atoms with E-state index >= 15 is 0 Å². The fourth-order valence-electron chi connectivity index (χ4n) is 0. The van der Waals surface area contributed by atoms with Crippen molar-refractivity contribution in [3.8, 4) is 0 Å². The van der Waals surface area contributed by atoms with E-state index in [1.54, 1.807) is 0 Å². The average molecular weight is 240 g/mol. The Morgan fingerprint density at radius 1 is 1.38 bits per heavy atom. The maximum atomic E-state index is 10.7. The van der Waals surface area contributed by atoms with Crippen molar-refractivity contribution in [2.24, 2.45) is 0 Å². The summed E-state index contributed by atoms with van der Waals surface area (Å²) in [5.74, 6) is 0. The maximum absolute atomic E-state index is 10.7. The summed E-state index contributed by atoms with van der Waals surface area (Å²) in [5.41, 5.74) is 0. The number of rotatable bonds is 0. The molecule has 0 heterocycles. The van der Waals surface area contributed by atoms with Gasteiger partial charge in [-0.1, -0.05) is 0 Å². The van der Waals surface area contributed by atoms with Crippen LogP contribution in [0.3, 0.4) is 0 Å². The summed E-state index contributed by atoms with van der Waals surface area (Å²) in [7, 11) is -4.91. The second kappa shape index (κ2) is 3.54. The largest absolute Gasteiger partial charge is 0.372 e. The van der Waals surface area contributed by atoms with Crippen molar-refractivity contribution in [1.82, 2.24) is 0 Å². The Bertz CT molecular complexity index is 158. The molecule has 3 nitrogen and oxygen atoms in total. The first-order chi connectivity index (χ1) is 2.94. The monoisotopic (exact) mass is 239 g/mol. The van der Waals surface area contributed by atoms with Crippen LogP contribution < -0.4 is 0 Å². The van der Waals surface area contributed by atoms with Crippen molar-refractivity contribution in [2.75, 3.05) is 0 Å². The Labute approximate surface area is 60.3 Å². The van der Waals surface area contributed by atoms with Gasteiger partial charge >= 0.3 is 5.37 Å². The summed E-state index contributed by atoms with van der Waals surface area (Å²) in [5, 5.41) is -2.87. The normalized spacial score (nSPS) is 10.0. The van der Waals surface area contributed by atoms with Crippen LogP contribution in [-0.4, -0.2) is 18.7 Å². The molecule has 0 atom stereocenters. The van der Waals surface area contributed by atoms with Gasteiger partial charge in [-0.25, -0.2) is 4.21 Å². The van der Waals surface area contributed by atoms with Crippen molar-refractivity contribution in [1.29, 1.82) is 0 Å². The van der Waals surface area contributed by atoms with E-state index in [4.69, 9.17) is 9.11 Å². The summed E-state index contributed by atoms with van der Waals surface area (Å²) in [6.45, 7) is 0. The van der Waals surface area contributed by atoms with Gasteiger partial charge in [0.2, 0.25) is 0 Å². The molecule has 7 heteroatoms. The predicted molar refractivity (Wildman–Crippen MR) is 20.6 cm³/mol. The molecule has 0 fully saturated rings. The summed E-state index contributed by atoms with van der Waals surface area (Å²) in [4.78, 5) is 0. The van der Waals surface area contributed by atoms with E-state index in [0.717, 1.165) is 0 Å². The van der Waals surface area contributed by atoms with Crippen LogP contribution in [0.5, 0.6) is 0 Å². The van der Waals surface area contributed by atoms with Crippen molar-refractivity contribution >= 4 is 15.5 Å². The molecule has 55 valence electrons. The van der Waals surface area contributed by atoms with Crippen LogP contribution in [0.15, 0.2) is 0 Å². The molecule has 0 aliphatic rings. The minimum Gasteiger partial charge on any atom is -0.289 e. The van der Waals surface area contributed by atoms with Crippen molar-refractivity contribution < 1.29 is 44.5 Å². The van der Waals surface area contributed by atoms with Gasteiger partial charge in [0.1, 0.15) is 0 Å². The Balaban J connectivity index is 0.